The Labute approximate surface area is 109 Å². The van der Waals surface area contributed by atoms with Crippen LogP contribution in [0.3, 0.4) is 0 Å². The van der Waals surface area contributed by atoms with E-state index >= 15 is 0 Å². The lowest BCUT2D eigenvalue weighted by Gasteiger charge is -2.14. The molecule has 0 fully saturated rings. The molecule has 0 saturated carbocycles. The summed E-state index contributed by atoms with van der Waals surface area (Å²) in [6.45, 7) is 2.38. The van der Waals surface area contributed by atoms with Gasteiger partial charge in [-0.05, 0) is 25.1 Å². The van der Waals surface area contributed by atoms with E-state index < -0.39 is 16.8 Å². The van der Waals surface area contributed by atoms with E-state index in [0.717, 1.165) is 0 Å². The fourth-order valence-electron chi connectivity index (χ4n) is 1.37. The van der Waals surface area contributed by atoms with Crippen LogP contribution in [0.25, 0.3) is 0 Å². The van der Waals surface area contributed by atoms with E-state index in [9.17, 15) is 9.00 Å². The van der Waals surface area contributed by atoms with Gasteiger partial charge in [-0.1, -0.05) is 0 Å². The lowest BCUT2D eigenvalue weighted by atomic mass is 10.1. The number of hydrogen-bond donors (Lipinski definition) is 2. The number of nitrogens with two attached hydrogens (primary N) is 1. The summed E-state index contributed by atoms with van der Waals surface area (Å²) in [6, 6.07) is 4.97. The first kappa shape index (κ1) is 14.5. The number of rotatable bonds is 5. The van der Waals surface area contributed by atoms with Crippen LogP contribution in [0.5, 0.6) is 0 Å². The van der Waals surface area contributed by atoms with Crippen LogP contribution in [0, 0.1) is 0 Å². The van der Waals surface area contributed by atoms with Gasteiger partial charge in [0.2, 0.25) is 0 Å². The third kappa shape index (κ3) is 3.73. The third-order valence-corrected chi connectivity index (χ3v) is 3.90. The molecule has 18 heavy (non-hydrogen) atoms. The molecule has 2 atom stereocenters. The highest BCUT2D eigenvalue weighted by Gasteiger charge is 2.13. The molecule has 1 rings (SSSR count). The smallest absolute Gasteiger partial charge is 0.340 e. The number of carbonyl (C=O) groups is 1. The van der Waals surface area contributed by atoms with Gasteiger partial charge in [-0.3, -0.25) is 4.21 Å². The average molecular weight is 270 g/mol. The van der Waals surface area contributed by atoms with E-state index in [2.05, 4.69) is 5.32 Å². The molecule has 1 aromatic rings. The first-order chi connectivity index (χ1) is 8.45. The molecule has 100 valence electrons. The van der Waals surface area contributed by atoms with Crippen molar-refractivity contribution >= 4 is 28.1 Å². The molecule has 0 aliphatic heterocycles. The van der Waals surface area contributed by atoms with Crippen molar-refractivity contribution in [3.63, 3.8) is 0 Å². The summed E-state index contributed by atoms with van der Waals surface area (Å²) in [7, 11) is 0.408. The second-order valence-electron chi connectivity index (χ2n) is 3.99. The standard InChI is InChI=1S/C12H18N2O3S/c1-8(18(3)16)7-14-11-5-4-9(13)6-10(11)12(15)17-2/h4-6,8,14H,7,13H2,1-3H3. The maximum Gasteiger partial charge on any atom is 0.340 e. The SMILES string of the molecule is COC(=O)c1cc(N)ccc1NCC(C)S(C)=O. The van der Waals surface area contributed by atoms with E-state index in [1.165, 1.54) is 7.11 Å². The largest absolute Gasteiger partial charge is 0.465 e. The molecular formula is C12H18N2O3S. The van der Waals surface area contributed by atoms with E-state index in [4.69, 9.17) is 10.5 Å². The van der Waals surface area contributed by atoms with Crippen LogP contribution >= 0.6 is 0 Å². The van der Waals surface area contributed by atoms with Crippen LogP contribution in [0.2, 0.25) is 0 Å². The monoisotopic (exact) mass is 270 g/mol. The van der Waals surface area contributed by atoms with Gasteiger partial charge in [0, 0.05) is 40.2 Å². The fourth-order valence-corrected chi connectivity index (χ4v) is 1.68. The minimum absolute atomic E-state index is 0.00644. The van der Waals surface area contributed by atoms with Gasteiger partial charge in [-0.15, -0.1) is 0 Å². The van der Waals surface area contributed by atoms with Crippen LogP contribution in [-0.4, -0.2) is 35.3 Å². The number of methoxy groups -OCH3 is 1. The summed E-state index contributed by atoms with van der Waals surface area (Å²) in [5.74, 6) is -0.449. The van der Waals surface area contributed by atoms with Gasteiger partial charge in [-0.2, -0.15) is 0 Å². The molecule has 0 amide bonds. The molecule has 0 aliphatic carbocycles. The Morgan fingerprint density at radius 1 is 1.56 bits per heavy atom. The number of anilines is 2. The fraction of sp³-hybridized carbons (Fsp3) is 0.417. The zero-order chi connectivity index (χ0) is 13.7. The zero-order valence-electron chi connectivity index (χ0n) is 10.7. The summed E-state index contributed by atoms with van der Waals surface area (Å²) in [6.07, 6.45) is 1.65. The molecule has 0 saturated heterocycles. The molecular weight excluding hydrogens is 252 g/mol. The van der Waals surface area contributed by atoms with Crippen LogP contribution in [0.1, 0.15) is 17.3 Å². The summed E-state index contributed by atoms with van der Waals surface area (Å²) in [5.41, 5.74) is 7.15. The van der Waals surface area contributed by atoms with Crippen molar-refractivity contribution in [3.8, 4) is 0 Å². The van der Waals surface area contributed by atoms with Crippen molar-refractivity contribution in [3.05, 3.63) is 23.8 Å². The summed E-state index contributed by atoms with van der Waals surface area (Å²) in [4.78, 5) is 11.6. The molecule has 3 N–H and O–H groups in total. The molecule has 0 bridgehead atoms. The van der Waals surface area contributed by atoms with Gasteiger partial charge in [0.25, 0.3) is 0 Å². The highest BCUT2D eigenvalue weighted by atomic mass is 32.2. The van der Waals surface area contributed by atoms with Crippen molar-refractivity contribution in [1.29, 1.82) is 0 Å². The molecule has 0 radical (unpaired) electrons. The summed E-state index contributed by atoms with van der Waals surface area (Å²) < 4.78 is 15.9. The molecule has 0 aliphatic rings. The Hall–Kier alpha value is -1.56. The maximum absolute atomic E-state index is 11.6. The van der Waals surface area contributed by atoms with E-state index in [1.807, 2.05) is 6.92 Å². The molecule has 5 nitrogen and oxygen atoms in total. The average Bonchev–Trinajstić information content (AvgIpc) is 2.35. The van der Waals surface area contributed by atoms with Crippen LogP contribution in [-0.2, 0) is 15.5 Å². The molecule has 6 heteroatoms. The topological polar surface area (TPSA) is 81.4 Å². The lowest BCUT2D eigenvalue weighted by Crippen LogP contribution is -2.21. The van der Waals surface area contributed by atoms with Crippen molar-refractivity contribution in [2.24, 2.45) is 0 Å². The van der Waals surface area contributed by atoms with Crippen molar-refractivity contribution in [2.75, 3.05) is 31.0 Å². The Morgan fingerprint density at radius 3 is 2.78 bits per heavy atom. The van der Waals surface area contributed by atoms with Crippen LogP contribution < -0.4 is 11.1 Å². The third-order valence-electron chi connectivity index (χ3n) is 2.60. The molecule has 0 aromatic heterocycles. The van der Waals surface area contributed by atoms with Crippen LogP contribution in [0.4, 0.5) is 11.4 Å². The zero-order valence-corrected chi connectivity index (χ0v) is 11.5. The van der Waals surface area contributed by atoms with E-state index in [1.54, 1.807) is 24.5 Å². The van der Waals surface area contributed by atoms with Gasteiger partial charge in [-0.25, -0.2) is 4.79 Å². The Morgan fingerprint density at radius 2 is 2.22 bits per heavy atom. The lowest BCUT2D eigenvalue weighted by molar-refractivity contribution is 0.0602. The Bertz CT molecular complexity index is 463. The predicted octanol–water partition coefficient (Wildman–Crippen LogP) is 1.23. The number of nitrogens with one attached hydrogen (secondary N) is 1. The Balaban J connectivity index is 2.88. The van der Waals surface area contributed by atoms with Gasteiger partial charge < -0.3 is 15.8 Å². The highest BCUT2D eigenvalue weighted by molar-refractivity contribution is 7.84. The minimum Gasteiger partial charge on any atom is -0.465 e. The number of hydrogen-bond acceptors (Lipinski definition) is 5. The van der Waals surface area contributed by atoms with Crippen molar-refractivity contribution < 1.29 is 13.7 Å². The number of nitrogen functional groups attached to an aromatic ring is 1. The number of esters is 1. The van der Waals surface area contributed by atoms with Gasteiger partial charge in [0.1, 0.15) is 0 Å². The predicted molar refractivity (Wildman–Crippen MR) is 74.2 cm³/mol. The second-order valence-corrected chi connectivity index (χ2v) is 5.79. The summed E-state index contributed by atoms with van der Waals surface area (Å²) in [5, 5.41) is 3.08. The second kappa shape index (κ2) is 6.39. The van der Waals surface area contributed by atoms with Gasteiger partial charge in [0.05, 0.1) is 12.7 Å². The molecule has 0 heterocycles. The minimum atomic E-state index is -0.911. The van der Waals surface area contributed by atoms with Crippen molar-refractivity contribution in [2.45, 2.75) is 12.2 Å². The normalized spacial score (nSPS) is 13.7. The number of carbonyl (C=O) groups excluding carboxylic acids is 1. The quantitative estimate of drug-likeness (QED) is 0.621. The van der Waals surface area contributed by atoms with Crippen molar-refractivity contribution in [1.82, 2.24) is 0 Å². The maximum atomic E-state index is 11.6. The first-order valence-electron chi connectivity index (χ1n) is 5.49. The number of benzene rings is 1. The molecule has 2 unspecified atom stereocenters. The molecule has 1 aromatic carbocycles. The first-order valence-corrected chi connectivity index (χ1v) is 7.11. The van der Waals surface area contributed by atoms with Gasteiger partial charge >= 0.3 is 5.97 Å². The highest BCUT2D eigenvalue weighted by Crippen LogP contribution is 2.20. The van der Waals surface area contributed by atoms with Crippen LogP contribution in [0.15, 0.2) is 18.2 Å². The Kier molecular flexibility index (Phi) is 5.15. The van der Waals surface area contributed by atoms with E-state index in [0.29, 0.717) is 23.5 Å². The number of ether oxygens (including phenoxy) is 1. The van der Waals surface area contributed by atoms with Gasteiger partial charge in [0.15, 0.2) is 0 Å². The van der Waals surface area contributed by atoms with E-state index in [-0.39, 0.29) is 5.25 Å². The molecule has 0 spiro atoms. The summed E-state index contributed by atoms with van der Waals surface area (Å²) >= 11 is 0.